The second-order valence-electron chi connectivity index (χ2n) is 5.10. The minimum Gasteiger partial charge on any atom is -0.480 e. The highest BCUT2D eigenvalue weighted by Gasteiger charge is 2.32. The lowest BCUT2D eigenvalue weighted by Crippen LogP contribution is -2.52. The van der Waals surface area contributed by atoms with E-state index in [9.17, 15) is 9.59 Å². The van der Waals surface area contributed by atoms with E-state index in [1.807, 2.05) is 0 Å². The van der Waals surface area contributed by atoms with Gasteiger partial charge in [0.15, 0.2) is 0 Å². The molecule has 0 aliphatic heterocycles. The molecule has 1 aromatic heterocycles. The standard InChI is InChI=1S/C12H18N2O4/c1-12(2,3)9(10(15)16)14-11(17)13-6-8-4-5-18-7-8/h4-5,7,9H,6H2,1-3H3,(H,15,16)(H2,13,14,17)/t9-/m0/s1. The van der Waals surface area contributed by atoms with Gasteiger partial charge in [-0.1, -0.05) is 20.8 Å². The van der Waals surface area contributed by atoms with E-state index in [0.29, 0.717) is 6.54 Å². The quantitative estimate of drug-likeness (QED) is 0.760. The van der Waals surface area contributed by atoms with Crippen LogP contribution in [0.25, 0.3) is 0 Å². The van der Waals surface area contributed by atoms with Gasteiger partial charge in [0.05, 0.1) is 12.5 Å². The van der Waals surface area contributed by atoms with Crippen LogP contribution in [0.3, 0.4) is 0 Å². The molecule has 0 aromatic carbocycles. The Kier molecular flexibility index (Phi) is 4.36. The Morgan fingerprint density at radius 3 is 2.56 bits per heavy atom. The molecule has 18 heavy (non-hydrogen) atoms. The summed E-state index contributed by atoms with van der Waals surface area (Å²) >= 11 is 0. The molecule has 1 heterocycles. The van der Waals surface area contributed by atoms with Crippen LogP contribution >= 0.6 is 0 Å². The van der Waals surface area contributed by atoms with Gasteiger partial charge in [-0.25, -0.2) is 9.59 Å². The summed E-state index contributed by atoms with van der Waals surface area (Å²) in [5.41, 5.74) is 0.256. The van der Waals surface area contributed by atoms with Crippen LogP contribution in [0.5, 0.6) is 0 Å². The number of urea groups is 1. The molecule has 6 heteroatoms. The van der Waals surface area contributed by atoms with Gasteiger partial charge in [0.1, 0.15) is 6.04 Å². The predicted octanol–water partition coefficient (Wildman–Crippen LogP) is 1.58. The van der Waals surface area contributed by atoms with Crippen molar-refractivity contribution in [2.24, 2.45) is 5.41 Å². The molecule has 0 unspecified atom stereocenters. The smallest absolute Gasteiger partial charge is 0.326 e. The van der Waals surface area contributed by atoms with Crippen LogP contribution in [0.4, 0.5) is 4.79 Å². The van der Waals surface area contributed by atoms with E-state index in [1.165, 1.54) is 12.5 Å². The van der Waals surface area contributed by atoms with E-state index >= 15 is 0 Å². The predicted molar refractivity (Wildman–Crippen MR) is 65.0 cm³/mol. The Balaban J connectivity index is 2.49. The summed E-state index contributed by atoms with van der Waals surface area (Å²) in [7, 11) is 0. The average molecular weight is 254 g/mol. The topological polar surface area (TPSA) is 91.6 Å². The molecule has 0 aliphatic rings. The molecule has 0 saturated carbocycles. The molecule has 0 radical (unpaired) electrons. The van der Waals surface area contributed by atoms with Crippen LogP contribution in [0.15, 0.2) is 23.0 Å². The van der Waals surface area contributed by atoms with E-state index in [2.05, 4.69) is 10.6 Å². The number of carboxylic acid groups (broad SMARTS) is 1. The van der Waals surface area contributed by atoms with Crippen molar-refractivity contribution in [3.05, 3.63) is 24.2 Å². The van der Waals surface area contributed by atoms with Crippen molar-refractivity contribution >= 4 is 12.0 Å². The Morgan fingerprint density at radius 2 is 2.11 bits per heavy atom. The lowest BCUT2D eigenvalue weighted by molar-refractivity contribution is -0.141. The first kappa shape index (κ1) is 14.1. The number of furan rings is 1. The Hall–Kier alpha value is -1.98. The fourth-order valence-corrected chi connectivity index (χ4v) is 1.41. The Bertz CT molecular complexity index is 406. The molecule has 1 rings (SSSR count). The maximum absolute atomic E-state index is 11.6. The molecule has 6 nitrogen and oxygen atoms in total. The summed E-state index contributed by atoms with van der Waals surface area (Å²) < 4.78 is 4.85. The largest absolute Gasteiger partial charge is 0.480 e. The van der Waals surface area contributed by atoms with Crippen LogP contribution < -0.4 is 10.6 Å². The Morgan fingerprint density at radius 1 is 1.44 bits per heavy atom. The summed E-state index contributed by atoms with van der Waals surface area (Å²) in [5, 5.41) is 14.1. The second kappa shape index (κ2) is 5.57. The number of carboxylic acids is 1. The van der Waals surface area contributed by atoms with E-state index < -0.39 is 23.5 Å². The molecule has 0 aliphatic carbocycles. The van der Waals surface area contributed by atoms with E-state index in [-0.39, 0.29) is 0 Å². The summed E-state index contributed by atoms with van der Waals surface area (Å²) in [6.07, 6.45) is 3.02. The molecule has 0 spiro atoms. The van der Waals surface area contributed by atoms with Crippen LogP contribution in [0, 0.1) is 5.41 Å². The SMILES string of the molecule is CC(C)(C)[C@@H](NC(=O)NCc1ccoc1)C(=O)O. The van der Waals surface area contributed by atoms with Crippen molar-refractivity contribution < 1.29 is 19.1 Å². The second-order valence-corrected chi connectivity index (χ2v) is 5.10. The first-order chi connectivity index (χ1) is 8.30. The van der Waals surface area contributed by atoms with Gasteiger partial charge in [0, 0.05) is 12.1 Å². The number of rotatable bonds is 4. The number of hydrogen-bond acceptors (Lipinski definition) is 3. The number of hydrogen-bond donors (Lipinski definition) is 3. The molecule has 0 saturated heterocycles. The first-order valence-corrected chi connectivity index (χ1v) is 5.59. The lowest BCUT2D eigenvalue weighted by Gasteiger charge is -2.27. The fourth-order valence-electron chi connectivity index (χ4n) is 1.41. The normalized spacial score (nSPS) is 12.8. The highest BCUT2D eigenvalue weighted by atomic mass is 16.4. The van der Waals surface area contributed by atoms with Gasteiger partial charge in [-0.3, -0.25) is 0 Å². The minimum atomic E-state index is -1.05. The van der Waals surface area contributed by atoms with Crippen LogP contribution in [0.1, 0.15) is 26.3 Å². The molecule has 1 atom stereocenters. The number of amides is 2. The molecule has 2 amide bonds. The third-order valence-electron chi connectivity index (χ3n) is 2.42. The van der Waals surface area contributed by atoms with E-state index in [4.69, 9.17) is 9.52 Å². The molecular formula is C12H18N2O4. The number of carbonyl (C=O) groups is 2. The zero-order valence-corrected chi connectivity index (χ0v) is 10.7. The van der Waals surface area contributed by atoms with Crippen molar-refractivity contribution in [3.8, 4) is 0 Å². The van der Waals surface area contributed by atoms with Crippen LogP contribution in [0.2, 0.25) is 0 Å². The average Bonchev–Trinajstić information content (AvgIpc) is 2.73. The monoisotopic (exact) mass is 254 g/mol. The molecule has 0 fully saturated rings. The van der Waals surface area contributed by atoms with Crippen molar-refractivity contribution in [1.29, 1.82) is 0 Å². The molecular weight excluding hydrogens is 236 g/mol. The van der Waals surface area contributed by atoms with Crippen molar-refractivity contribution in [1.82, 2.24) is 10.6 Å². The molecule has 1 aromatic rings. The van der Waals surface area contributed by atoms with Gasteiger partial charge < -0.3 is 20.2 Å². The van der Waals surface area contributed by atoms with E-state index in [0.717, 1.165) is 5.56 Å². The van der Waals surface area contributed by atoms with Gasteiger partial charge >= 0.3 is 12.0 Å². The zero-order chi connectivity index (χ0) is 13.8. The van der Waals surface area contributed by atoms with Crippen molar-refractivity contribution in [2.45, 2.75) is 33.4 Å². The third kappa shape index (κ3) is 4.12. The lowest BCUT2D eigenvalue weighted by atomic mass is 9.87. The zero-order valence-electron chi connectivity index (χ0n) is 10.7. The van der Waals surface area contributed by atoms with Gasteiger partial charge in [0.25, 0.3) is 0 Å². The first-order valence-electron chi connectivity index (χ1n) is 5.59. The van der Waals surface area contributed by atoms with Gasteiger partial charge in [0.2, 0.25) is 0 Å². The highest BCUT2D eigenvalue weighted by Crippen LogP contribution is 2.19. The molecule has 100 valence electrons. The van der Waals surface area contributed by atoms with Crippen molar-refractivity contribution in [2.75, 3.05) is 0 Å². The minimum absolute atomic E-state index is 0.290. The summed E-state index contributed by atoms with van der Waals surface area (Å²) in [6, 6.07) is 0.263. The van der Waals surface area contributed by atoms with Gasteiger partial charge in [-0.05, 0) is 11.5 Å². The molecule has 3 N–H and O–H groups in total. The van der Waals surface area contributed by atoms with Crippen LogP contribution in [-0.2, 0) is 11.3 Å². The van der Waals surface area contributed by atoms with Gasteiger partial charge in [-0.15, -0.1) is 0 Å². The maximum Gasteiger partial charge on any atom is 0.326 e. The maximum atomic E-state index is 11.6. The summed E-state index contributed by atoms with van der Waals surface area (Å²) in [6.45, 7) is 5.55. The van der Waals surface area contributed by atoms with Crippen molar-refractivity contribution in [3.63, 3.8) is 0 Å². The number of nitrogens with one attached hydrogen (secondary N) is 2. The summed E-state index contributed by atoms with van der Waals surface area (Å²) in [4.78, 5) is 22.6. The number of carbonyl (C=O) groups excluding carboxylic acids is 1. The highest BCUT2D eigenvalue weighted by molar-refractivity contribution is 5.83. The Labute approximate surface area is 105 Å². The summed E-state index contributed by atoms with van der Waals surface area (Å²) in [5.74, 6) is -1.05. The van der Waals surface area contributed by atoms with Crippen LogP contribution in [-0.4, -0.2) is 23.1 Å². The third-order valence-corrected chi connectivity index (χ3v) is 2.42. The van der Waals surface area contributed by atoms with Gasteiger partial charge in [-0.2, -0.15) is 0 Å². The number of aliphatic carboxylic acids is 1. The fraction of sp³-hybridized carbons (Fsp3) is 0.500. The molecule has 0 bridgehead atoms. The van der Waals surface area contributed by atoms with E-state index in [1.54, 1.807) is 26.8 Å².